The molecule has 0 saturated heterocycles. The number of fused-ring (bicyclic) bond motifs is 7. The molecule has 57 heavy (non-hydrogen) atoms. The van der Waals surface area contributed by atoms with Crippen molar-refractivity contribution in [1.29, 1.82) is 5.26 Å². The SMILES string of the molecule is CCC1(c2ccc(-c3c4ccccc4c(-c4nc(-c5ccc(C#N)cc5)nc(-n5c6ccccc6c6ccccc65)n4)c4ccccc34)cc2)C[C@@H]2CC[C@@H](C2)C1. The van der Waals surface area contributed by atoms with Gasteiger partial charge in [-0.05, 0) is 118 Å². The Kier molecular flexibility index (Phi) is 7.83. The van der Waals surface area contributed by atoms with Gasteiger partial charge in [0.2, 0.25) is 5.95 Å². The van der Waals surface area contributed by atoms with Crippen molar-refractivity contribution >= 4 is 43.4 Å². The standard InChI is InChI=1S/C52H41N5/c1-2-52(30-34-19-20-35(29-34)31-52)38-27-25-36(26-28-38)47-41-13-3-5-15-43(41)48(44-16-6-4-14-42(44)47)50-54-49(37-23-21-33(32-53)22-24-37)55-51(56-50)57-45-17-9-7-11-39(45)40-12-8-10-18-46(40)57/h3-18,21-28,34-35H,2,19-20,29-31H2,1H3/t34-,35+,52?. The summed E-state index contributed by atoms with van der Waals surface area (Å²) in [6.07, 6.45) is 8.10. The van der Waals surface area contributed by atoms with Crippen LogP contribution in [0.4, 0.5) is 0 Å². The van der Waals surface area contributed by atoms with Gasteiger partial charge >= 0.3 is 0 Å². The number of rotatable bonds is 6. The molecule has 5 nitrogen and oxygen atoms in total. The minimum atomic E-state index is 0.288. The van der Waals surface area contributed by atoms with Crippen molar-refractivity contribution in [2.75, 3.05) is 0 Å². The molecule has 2 aliphatic carbocycles. The molecule has 5 heteroatoms. The maximum atomic E-state index is 9.59. The zero-order valence-corrected chi connectivity index (χ0v) is 32.0. The summed E-state index contributed by atoms with van der Waals surface area (Å²) in [6, 6.07) is 53.7. The number of hydrogen-bond acceptors (Lipinski definition) is 4. The molecule has 3 atom stereocenters. The van der Waals surface area contributed by atoms with E-state index in [4.69, 9.17) is 15.0 Å². The molecule has 0 radical (unpaired) electrons. The van der Waals surface area contributed by atoms with Crippen molar-refractivity contribution < 1.29 is 0 Å². The van der Waals surface area contributed by atoms with Gasteiger partial charge in [-0.3, -0.25) is 4.57 Å². The first-order chi connectivity index (χ1) is 28.1. The Bertz CT molecular complexity index is 2940. The quantitative estimate of drug-likeness (QED) is 0.159. The molecule has 11 rings (SSSR count). The van der Waals surface area contributed by atoms with Crippen molar-refractivity contribution in [3.05, 3.63) is 157 Å². The van der Waals surface area contributed by atoms with Crippen molar-refractivity contribution in [3.8, 4) is 45.9 Å². The third-order valence-electron chi connectivity index (χ3n) is 13.3. The monoisotopic (exact) mass is 735 g/mol. The van der Waals surface area contributed by atoms with Crippen LogP contribution in [0.15, 0.2) is 146 Å². The lowest BCUT2D eigenvalue weighted by atomic mass is 9.64. The number of benzene rings is 7. The van der Waals surface area contributed by atoms with Crippen LogP contribution in [0.3, 0.4) is 0 Å². The first-order valence-electron chi connectivity index (χ1n) is 20.4. The predicted molar refractivity (Wildman–Crippen MR) is 232 cm³/mol. The molecule has 2 saturated carbocycles. The fourth-order valence-electron chi connectivity index (χ4n) is 10.7. The Balaban J connectivity index is 1.14. The topological polar surface area (TPSA) is 67.4 Å². The molecular weight excluding hydrogens is 695 g/mol. The van der Waals surface area contributed by atoms with E-state index in [1.54, 1.807) is 0 Å². The smallest absolute Gasteiger partial charge is 0.238 e. The average Bonchev–Trinajstić information content (AvgIpc) is 3.80. The van der Waals surface area contributed by atoms with E-state index < -0.39 is 0 Å². The fraction of sp³-hybridized carbons (Fsp3) is 0.192. The lowest BCUT2D eigenvalue weighted by molar-refractivity contribution is 0.207. The highest BCUT2D eigenvalue weighted by atomic mass is 15.2. The third kappa shape index (κ3) is 5.39. The van der Waals surface area contributed by atoms with Crippen molar-refractivity contribution in [2.45, 2.75) is 50.9 Å². The van der Waals surface area contributed by atoms with Crippen LogP contribution < -0.4 is 0 Å². The Labute approximate surface area is 332 Å². The zero-order valence-electron chi connectivity index (χ0n) is 32.0. The van der Waals surface area contributed by atoms with Crippen LogP contribution in [0.25, 0.3) is 83.2 Å². The Hall–Kier alpha value is -6.64. The largest absolute Gasteiger partial charge is 0.278 e. The van der Waals surface area contributed by atoms with Crippen LogP contribution >= 0.6 is 0 Å². The minimum absolute atomic E-state index is 0.288. The van der Waals surface area contributed by atoms with Crippen LogP contribution in [0, 0.1) is 23.2 Å². The van der Waals surface area contributed by atoms with E-state index in [2.05, 4.69) is 139 Å². The van der Waals surface area contributed by atoms with Gasteiger partial charge in [0.05, 0.1) is 22.7 Å². The summed E-state index contributed by atoms with van der Waals surface area (Å²) in [4.78, 5) is 15.9. The van der Waals surface area contributed by atoms with Crippen molar-refractivity contribution in [2.24, 2.45) is 11.8 Å². The third-order valence-corrected chi connectivity index (χ3v) is 13.3. The van der Waals surface area contributed by atoms with E-state index in [9.17, 15) is 5.26 Å². The normalized spacial score (nSPS) is 19.1. The molecule has 0 spiro atoms. The molecule has 2 heterocycles. The molecule has 2 aromatic heterocycles. The van der Waals surface area contributed by atoms with Crippen LogP contribution in [0.5, 0.6) is 0 Å². The van der Waals surface area contributed by atoms with E-state index in [1.807, 2.05) is 24.3 Å². The number of aromatic nitrogens is 4. The number of hydrogen-bond donors (Lipinski definition) is 0. The van der Waals surface area contributed by atoms with E-state index in [-0.39, 0.29) is 5.41 Å². The van der Waals surface area contributed by atoms with Crippen molar-refractivity contribution in [3.63, 3.8) is 0 Å². The van der Waals surface area contributed by atoms with Gasteiger partial charge in [0.15, 0.2) is 11.6 Å². The minimum Gasteiger partial charge on any atom is -0.278 e. The highest BCUT2D eigenvalue weighted by Crippen LogP contribution is 2.54. The summed E-state index contributed by atoms with van der Waals surface area (Å²) in [5.41, 5.74) is 8.69. The van der Waals surface area contributed by atoms with Crippen LogP contribution in [0.1, 0.15) is 56.6 Å². The molecule has 0 N–H and O–H groups in total. The van der Waals surface area contributed by atoms with E-state index in [1.165, 1.54) is 66.0 Å². The Morgan fingerprint density at radius 3 is 1.60 bits per heavy atom. The van der Waals surface area contributed by atoms with Gasteiger partial charge < -0.3 is 0 Å². The summed E-state index contributed by atoms with van der Waals surface area (Å²) in [7, 11) is 0. The lowest BCUT2D eigenvalue weighted by Crippen LogP contribution is -2.33. The molecule has 0 aliphatic heterocycles. The van der Waals surface area contributed by atoms with Crippen LogP contribution in [-0.2, 0) is 5.41 Å². The molecule has 0 amide bonds. The van der Waals surface area contributed by atoms with Gasteiger partial charge in [-0.15, -0.1) is 0 Å². The second kappa shape index (κ2) is 13.2. The summed E-state index contributed by atoms with van der Waals surface area (Å²) >= 11 is 0. The molecule has 274 valence electrons. The molecule has 2 fully saturated rings. The van der Waals surface area contributed by atoms with E-state index in [0.717, 1.165) is 55.5 Å². The van der Waals surface area contributed by atoms with Gasteiger partial charge in [0.25, 0.3) is 0 Å². The Morgan fingerprint density at radius 2 is 1.05 bits per heavy atom. The van der Waals surface area contributed by atoms with Gasteiger partial charge in [0.1, 0.15) is 0 Å². The lowest BCUT2D eigenvalue weighted by Gasteiger charge is -2.41. The summed E-state index contributed by atoms with van der Waals surface area (Å²) in [6.45, 7) is 2.40. The number of nitriles is 1. The highest BCUT2D eigenvalue weighted by molar-refractivity contribution is 6.21. The number of para-hydroxylation sites is 2. The molecule has 2 aliphatic rings. The van der Waals surface area contributed by atoms with E-state index in [0.29, 0.717) is 23.2 Å². The fourth-order valence-corrected chi connectivity index (χ4v) is 10.7. The maximum Gasteiger partial charge on any atom is 0.238 e. The maximum absolute atomic E-state index is 9.59. The van der Waals surface area contributed by atoms with E-state index >= 15 is 0 Å². The Morgan fingerprint density at radius 1 is 0.561 bits per heavy atom. The predicted octanol–water partition coefficient (Wildman–Crippen LogP) is 13.0. The van der Waals surface area contributed by atoms with Gasteiger partial charge in [0, 0.05) is 21.9 Å². The molecule has 9 aromatic rings. The van der Waals surface area contributed by atoms with Crippen molar-refractivity contribution in [1.82, 2.24) is 19.5 Å². The zero-order chi connectivity index (χ0) is 38.1. The molecule has 7 aromatic carbocycles. The summed E-state index contributed by atoms with van der Waals surface area (Å²) in [5.74, 6) is 3.47. The second-order valence-electron chi connectivity index (χ2n) is 16.3. The highest BCUT2D eigenvalue weighted by Gasteiger charge is 2.43. The number of nitrogens with zero attached hydrogens (tertiary/aromatic N) is 5. The van der Waals surface area contributed by atoms with Gasteiger partial charge in [-0.2, -0.15) is 15.2 Å². The van der Waals surface area contributed by atoms with Crippen LogP contribution in [0.2, 0.25) is 0 Å². The molecular formula is C52H41N5. The first-order valence-corrected chi connectivity index (χ1v) is 20.4. The van der Waals surface area contributed by atoms with Gasteiger partial charge in [-0.1, -0.05) is 129 Å². The first kappa shape index (κ1) is 33.7. The van der Waals surface area contributed by atoms with Gasteiger partial charge in [-0.25, -0.2) is 4.98 Å². The molecule has 1 unspecified atom stereocenters. The summed E-state index contributed by atoms with van der Waals surface area (Å²) in [5, 5.41) is 16.4. The van der Waals surface area contributed by atoms with Crippen LogP contribution in [-0.4, -0.2) is 19.5 Å². The average molecular weight is 736 g/mol. The summed E-state index contributed by atoms with van der Waals surface area (Å²) < 4.78 is 2.16. The molecule has 2 bridgehead atoms. The second-order valence-corrected chi connectivity index (χ2v) is 16.3.